The third-order valence-corrected chi connectivity index (χ3v) is 4.11. The third-order valence-electron chi connectivity index (χ3n) is 3.13. The molecule has 24 heavy (non-hydrogen) atoms. The Morgan fingerprint density at radius 2 is 1.75 bits per heavy atom. The number of halogens is 3. The summed E-state index contributed by atoms with van der Waals surface area (Å²) >= 11 is 0. The summed E-state index contributed by atoms with van der Waals surface area (Å²) in [6.07, 6.45) is -1.74. The highest BCUT2D eigenvalue weighted by atomic mass is 32.2. The van der Waals surface area contributed by atoms with E-state index in [4.69, 9.17) is 14.6 Å². The van der Waals surface area contributed by atoms with Gasteiger partial charge in [0, 0.05) is 12.8 Å². The van der Waals surface area contributed by atoms with Crippen LogP contribution in [0.25, 0.3) is 0 Å². The predicted octanol–water partition coefficient (Wildman–Crippen LogP) is 1.15. The second kappa shape index (κ2) is 7.13. The monoisotopic (exact) mass is 372 g/mol. The van der Waals surface area contributed by atoms with E-state index in [0.29, 0.717) is 0 Å². The average Bonchev–Trinajstić information content (AvgIpc) is 2.47. The molecule has 7 nitrogen and oxygen atoms in total. The molecule has 1 aliphatic heterocycles. The van der Waals surface area contributed by atoms with E-state index in [1.165, 1.54) is 12.1 Å². The van der Waals surface area contributed by atoms with Gasteiger partial charge in [-0.25, -0.2) is 0 Å². The molecule has 1 heterocycles. The molecule has 1 aromatic rings. The zero-order valence-corrected chi connectivity index (χ0v) is 13.0. The molecule has 0 bridgehead atoms. The van der Waals surface area contributed by atoms with E-state index in [9.17, 15) is 26.7 Å². The lowest BCUT2D eigenvalue weighted by Crippen LogP contribution is -2.40. The molecule has 0 aliphatic carbocycles. The van der Waals surface area contributed by atoms with Crippen LogP contribution in [-0.4, -0.2) is 49.2 Å². The van der Waals surface area contributed by atoms with Crippen LogP contribution in [0.4, 0.5) is 13.2 Å². The molecule has 2 N–H and O–H groups in total. The summed E-state index contributed by atoms with van der Waals surface area (Å²) in [4.78, 5) is 0. The summed E-state index contributed by atoms with van der Waals surface area (Å²) in [6.45, 7) is -0.293. The molecule has 1 fully saturated rings. The van der Waals surface area contributed by atoms with Crippen molar-refractivity contribution in [3.05, 3.63) is 24.3 Å². The fourth-order valence-electron chi connectivity index (χ4n) is 2.04. The number of benzene rings is 1. The van der Waals surface area contributed by atoms with Gasteiger partial charge < -0.3 is 23.9 Å². The second-order valence-corrected chi connectivity index (χ2v) is 6.61. The van der Waals surface area contributed by atoms with E-state index >= 15 is 0 Å². The van der Waals surface area contributed by atoms with Gasteiger partial charge in [0.05, 0.1) is 18.8 Å². The van der Waals surface area contributed by atoms with Gasteiger partial charge in [-0.2, -0.15) is 21.6 Å². The van der Waals surface area contributed by atoms with Crippen LogP contribution in [0.1, 0.15) is 12.8 Å². The molecule has 136 valence electrons. The summed E-state index contributed by atoms with van der Waals surface area (Å²) in [7, 11) is -5.74. The Hall–Kier alpha value is -1.56. The minimum Gasteiger partial charge on any atom is -0.465 e. The van der Waals surface area contributed by atoms with Crippen molar-refractivity contribution in [2.45, 2.75) is 36.8 Å². The average molecular weight is 372 g/mol. The highest BCUT2D eigenvalue weighted by molar-refractivity contribution is 7.87. The highest BCUT2D eigenvalue weighted by Crippen LogP contribution is 2.29. The first-order chi connectivity index (χ1) is 11.1. The van der Waals surface area contributed by atoms with Gasteiger partial charge in [0.15, 0.2) is 0 Å². The minimum absolute atomic E-state index is 0.150. The van der Waals surface area contributed by atoms with E-state index in [0.717, 1.165) is 12.1 Å². The lowest BCUT2D eigenvalue weighted by molar-refractivity contribution is -0.184. The smallest absolute Gasteiger partial charge is 0.465 e. The van der Waals surface area contributed by atoms with Crippen LogP contribution in [0.2, 0.25) is 0 Å². The quantitative estimate of drug-likeness (QED) is 0.590. The summed E-state index contributed by atoms with van der Waals surface area (Å²) in [5, 5.41) is 18.7. The number of aliphatic hydroxyl groups is 2. The molecule has 1 aliphatic rings. The van der Waals surface area contributed by atoms with Gasteiger partial charge in [-0.3, -0.25) is 0 Å². The van der Waals surface area contributed by atoms with Crippen molar-refractivity contribution in [2.75, 3.05) is 6.61 Å². The van der Waals surface area contributed by atoms with Crippen molar-refractivity contribution in [1.82, 2.24) is 0 Å². The Kier molecular flexibility index (Phi) is 5.58. The molecule has 3 atom stereocenters. The zero-order valence-electron chi connectivity index (χ0n) is 12.1. The Morgan fingerprint density at radius 1 is 1.17 bits per heavy atom. The molecule has 0 radical (unpaired) electrons. The number of hydrogen-bond donors (Lipinski definition) is 2. The minimum atomic E-state index is -5.74. The van der Waals surface area contributed by atoms with Crippen LogP contribution < -0.4 is 8.92 Å². The van der Waals surface area contributed by atoms with E-state index in [1.54, 1.807) is 0 Å². The summed E-state index contributed by atoms with van der Waals surface area (Å²) in [5.74, 6) is -0.361. The van der Waals surface area contributed by atoms with Crippen molar-refractivity contribution in [3.63, 3.8) is 0 Å². The van der Waals surface area contributed by atoms with Crippen LogP contribution in [0.15, 0.2) is 24.3 Å². The summed E-state index contributed by atoms with van der Waals surface area (Å²) < 4.78 is 73.1. The number of aliphatic hydroxyl groups excluding tert-OH is 2. The maximum atomic E-state index is 12.2. The van der Waals surface area contributed by atoms with E-state index < -0.39 is 39.9 Å². The maximum Gasteiger partial charge on any atom is 0.534 e. The topological polar surface area (TPSA) is 102 Å². The SMILES string of the molecule is O=S(=O)(Oc1ccc(OC2CC(O)CC(CO)O2)cc1)C(F)(F)F. The lowest BCUT2D eigenvalue weighted by atomic mass is 10.1. The molecule has 0 saturated carbocycles. The van der Waals surface area contributed by atoms with Crippen molar-refractivity contribution >= 4 is 10.1 Å². The Morgan fingerprint density at radius 3 is 2.29 bits per heavy atom. The first-order valence-corrected chi connectivity index (χ1v) is 8.23. The van der Waals surface area contributed by atoms with Gasteiger partial charge in [0.2, 0.25) is 6.29 Å². The van der Waals surface area contributed by atoms with Crippen LogP contribution in [-0.2, 0) is 14.9 Å². The fourth-order valence-corrected chi connectivity index (χ4v) is 2.50. The first-order valence-electron chi connectivity index (χ1n) is 6.82. The van der Waals surface area contributed by atoms with Gasteiger partial charge in [0.1, 0.15) is 11.5 Å². The number of rotatable bonds is 5. The number of hydrogen-bond acceptors (Lipinski definition) is 7. The van der Waals surface area contributed by atoms with Crippen molar-refractivity contribution < 1.29 is 45.5 Å². The largest absolute Gasteiger partial charge is 0.534 e. The Bertz CT molecular complexity index is 645. The Balaban J connectivity index is 2.00. The predicted molar refractivity (Wildman–Crippen MR) is 73.7 cm³/mol. The third kappa shape index (κ3) is 4.72. The molecule has 0 aromatic heterocycles. The number of ether oxygens (including phenoxy) is 2. The van der Waals surface area contributed by atoms with Gasteiger partial charge in [0.25, 0.3) is 0 Å². The normalized spacial score (nSPS) is 25.3. The molecular formula is C13H15F3O7S. The zero-order chi connectivity index (χ0) is 18.0. The molecule has 0 spiro atoms. The molecule has 1 aromatic carbocycles. The molecular weight excluding hydrogens is 357 g/mol. The van der Waals surface area contributed by atoms with Crippen LogP contribution in [0.3, 0.4) is 0 Å². The molecule has 1 saturated heterocycles. The van der Waals surface area contributed by atoms with E-state index in [-0.39, 0.29) is 25.2 Å². The number of alkyl halides is 3. The van der Waals surface area contributed by atoms with Gasteiger partial charge in [-0.05, 0) is 24.3 Å². The standard InChI is InChI=1S/C13H15F3O7S/c14-13(15,16)24(19,20)23-10-3-1-9(2-4-10)21-12-6-8(18)5-11(7-17)22-12/h1-4,8,11-12,17-18H,5-7H2. The highest BCUT2D eigenvalue weighted by Gasteiger charge is 2.48. The van der Waals surface area contributed by atoms with Crippen molar-refractivity contribution in [2.24, 2.45) is 0 Å². The maximum absolute atomic E-state index is 12.2. The first kappa shape index (κ1) is 18.8. The van der Waals surface area contributed by atoms with Crippen LogP contribution >= 0.6 is 0 Å². The van der Waals surface area contributed by atoms with Gasteiger partial charge in [-0.1, -0.05) is 0 Å². The Labute approximate surface area is 135 Å². The molecule has 11 heteroatoms. The lowest BCUT2D eigenvalue weighted by Gasteiger charge is -2.32. The van der Waals surface area contributed by atoms with Gasteiger partial charge >= 0.3 is 15.6 Å². The van der Waals surface area contributed by atoms with Crippen LogP contribution in [0, 0.1) is 0 Å². The summed E-state index contributed by atoms with van der Waals surface area (Å²) in [6, 6.07) is 4.36. The van der Waals surface area contributed by atoms with Crippen LogP contribution in [0.5, 0.6) is 11.5 Å². The second-order valence-electron chi connectivity index (χ2n) is 5.07. The van der Waals surface area contributed by atoms with Crippen molar-refractivity contribution in [3.8, 4) is 11.5 Å². The van der Waals surface area contributed by atoms with E-state index in [1.807, 2.05) is 0 Å². The molecule has 3 unspecified atom stereocenters. The molecule has 2 rings (SSSR count). The summed E-state index contributed by atoms with van der Waals surface area (Å²) in [5.41, 5.74) is -5.52. The van der Waals surface area contributed by atoms with Gasteiger partial charge in [-0.15, -0.1) is 0 Å². The van der Waals surface area contributed by atoms with Crippen molar-refractivity contribution in [1.29, 1.82) is 0 Å². The van der Waals surface area contributed by atoms with E-state index in [2.05, 4.69) is 4.18 Å². The fraction of sp³-hybridized carbons (Fsp3) is 0.538. The molecule has 0 amide bonds.